The number of carbonyl (C=O) groups excluding carboxylic acids is 1. The van der Waals surface area contributed by atoms with E-state index in [9.17, 15) is 4.79 Å². The summed E-state index contributed by atoms with van der Waals surface area (Å²) in [5.74, 6) is 0.517. The molecule has 0 saturated carbocycles. The minimum Gasteiger partial charge on any atom is -0.399 e. The highest BCUT2D eigenvalue weighted by Gasteiger charge is 2.09. The molecule has 0 spiro atoms. The fraction of sp³-hybridized carbons (Fsp3) is 0.533. The number of carbonyl (C=O) groups is 1. The van der Waals surface area contributed by atoms with E-state index in [1.165, 1.54) is 31.0 Å². The number of rotatable bonds is 8. The van der Waals surface area contributed by atoms with Crippen LogP contribution in [0.15, 0.2) is 27.6 Å². The lowest BCUT2D eigenvalue weighted by atomic mass is 10.1. The lowest BCUT2D eigenvalue weighted by molar-refractivity contribution is -0.119. The van der Waals surface area contributed by atoms with E-state index in [4.69, 9.17) is 5.73 Å². The predicted octanol–water partition coefficient (Wildman–Crippen LogP) is 4.21. The minimum absolute atomic E-state index is 0.0859. The summed E-state index contributed by atoms with van der Waals surface area (Å²) in [6.45, 7) is 4.25. The zero-order valence-electron chi connectivity index (χ0n) is 12.1. The summed E-state index contributed by atoms with van der Waals surface area (Å²) in [6.07, 6.45) is 4.67. The number of halogens is 1. The average molecular weight is 359 g/mol. The molecular formula is C15H23BrN2OS. The number of nitrogens with one attached hydrogen (secondary N) is 1. The monoisotopic (exact) mass is 358 g/mol. The van der Waals surface area contributed by atoms with Crippen molar-refractivity contribution in [3.05, 3.63) is 22.7 Å². The molecule has 1 atom stereocenters. The summed E-state index contributed by atoms with van der Waals surface area (Å²) >= 11 is 4.98. The molecule has 0 saturated heterocycles. The van der Waals surface area contributed by atoms with E-state index >= 15 is 0 Å². The van der Waals surface area contributed by atoms with Gasteiger partial charge in [0.25, 0.3) is 0 Å². The van der Waals surface area contributed by atoms with Crippen LogP contribution in [0.3, 0.4) is 0 Å². The van der Waals surface area contributed by atoms with Gasteiger partial charge in [-0.3, -0.25) is 4.79 Å². The van der Waals surface area contributed by atoms with Crippen LogP contribution in [0, 0.1) is 0 Å². The highest BCUT2D eigenvalue weighted by molar-refractivity contribution is 9.10. The Hall–Kier alpha value is -0.680. The molecule has 1 unspecified atom stereocenters. The summed E-state index contributed by atoms with van der Waals surface area (Å²) in [7, 11) is 0. The number of hydrogen-bond donors (Lipinski definition) is 2. The number of hydrogen-bond acceptors (Lipinski definition) is 3. The van der Waals surface area contributed by atoms with Crippen LogP contribution >= 0.6 is 27.7 Å². The van der Waals surface area contributed by atoms with Crippen molar-refractivity contribution >= 4 is 39.3 Å². The smallest absolute Gasteiger partial charge is 0.230 e. The van der Waals surface area contributed by atoms with Crippen LogP contribution in [-0.2, 0) is 4.79 Å². The van der Waals surface area contributed by atoms with Crippen molar-refractivity contribution in [3.63, 3.8) is 0 Å². The zero-order valence-corrected chi connectivity index (χ0v) is 14.5. The molecule has 0 heterocycles. The van der Waals surface area contributed by atoms with Gasteiger partial charge in [0.1, 0.15) is 0 Å². The quantitative estimate of drug-likeness (QED) is 0.415. The third-order valence-electron chi connectivity index (χ3n) is 2.96. The summed E-state index contributed by atoms with van der Waals surface area (Å²) in [5, 5.41) is 3.04. The molecule has 0 aliphatic carbocycles. The molecule has 0 aliphatic heterocycles. The molecular weight excluding hydrogens is 336 g/mol. The molecule has 0 bridgehead atoms. The van der Waals surface area contributed by atoms with E-state index in [0.29, 0.717) is 5.75 Å². The van der Waals surface area contributed by atoms with Gasteiger partial charge in [0.05, 0.1) is 5.75 Å². The fourth-order valence-corrected chi connectivity index (χ4v) is 3.34. The topological polar surface area (TPSA) is 55.1 Å². The van der Waals surface area contributed by atoms with E-state index in [1.54, 1.807) is 0 Å². The Bertz CT molecular complexity index is 440. The second-order valence-electron chi connectivity index (χ2n) is 4.94. The summed E-state index contributed by atoms with van der Waals surface area (Å²) < 4.78 is 0.936. The van der Waals surface area contributed by atoms with Crippen molar-refractivity contribution in [2.24, 2.45) is 0 Å². The van der Waals surface area contributed by atoms with Gasteiger partial charge in [-0.15, -0.1) is 11.8 Å². The number of thioether (sulfide) groups is 1. The average Bonchev–Trinajstić information content (AvgIpc) is 2.38. The van der Waals surface area contributed by atoms with Crippen LogP contribution in [0.25, 0.3) is 0 Å². The Morgan fingerprint density at radius 1 is 1.45 bits per heavy atom. The zero-order chi connectivity index (χ0) is 15.0. The largest absolute Gasteiger partial charge is 0.399 e. The Kier molecular flexibility index (Phi) is 8.07. The van der Waals surface area contributed by atoms with Gasteiger partial charge in [0.2, 0.25) is 5.91 Å². The second-order valence-corrected chi connectivity index (χ2v) is 6.81. The molecule has 5 heteroatoms. The van der Waals surface area contributed by atoms with Crippen LogP contribution in [0.4, 0.5) is 5.69 Å². The van der Waals surface area contributed by atoms with Gasteiger partial charge >= 0.3 is 0 Å². The Balaban J connectivity index is 2.32. The Morgan fingerprint density at radius 3 is 2.85 bits per heavy atom. The SMILES string of the molecule is CCCCCC(C)NC(=O)CSc1ccc(N)cc1Br. The van der Waals surface area contributed by atoms with Crippen molar-refractivity contribution in [1.82, 2.24) is 5.32 Å². The van der Waals surface area contributed by atoms with E-state index in [-0.39, 0.29) is 11.9 Å². The summed E-state index contributed by atoms with van der Waals surface area (Å²) in [6, 6.07) is 5.89. The molecule has 1 amide bonds. The van der Waals surface area contributed by atoms with E-state index in [0.717, 1.165) is 21.5 Å². The maximum Gasteiger partial charge on any atom is 0.230 e. The van der Waals surface area contributed by atoms with Crippen LogP contribution in [-0.4, -0.2) is 17.7 Å². The van der Waals surface area contributed by atoms with E-state index < -0.39 is 0 Å². The molecule has 1 aromatic carbocycles. The molecule has 0 radical (unpaired) electrons. The predicted molar refractivity (Wildman–Crippen MR) is 91.0 cm³/mol. The Morgan fingerprint density at radius 2 is 2.20 bits per heavy atom. The number of unbranched alkanes of at least 4 members (excludes halogenated alkanes) is 2. The van der Waals surface area contributed by atoms with Crippen molar-refractivity contribution in [2.45, 2.75) is 50.5 Å². The van der Waals surface area contributed by atoms with Gasteiger partial charge in [0.15, 0.2) is 0 Å². The highest BCUT2D eigenvalue weighted by Crippen LogP contribution is 2.28. The van der Waals surface area contributed by atoms with Crippen molar-refractivity contribution in [1.29, 1.82) is 0 Å². The second kappa shape index (κ2) is 9.29. The van der Waals surface area contributed by atoms with Gasteiger partial charge in [-0.05, 0) is 47.5 Å². The molecule has 1 rings (SSSR count). The van der Waals surface area contributed by atoms with Crippen LogP contribution in [0.1, 0.15) is 39.5 Å². The third kappa shape index (κ3) is 6.66. The number of nitrogens with two attached hydrogens (primary N) is 1. The molecule has 1 aromatic rings. The fourth-order valence-electron chi connectivity index (χ4n) is 1.87. The molecule has 0 fully saturated rings. The number of nitrogen functional groups attached to an aromatic ring is 1. The van der Waals surface area contributed by atoms with Crippen molar-refractivity contribution in [2.75, 3.05) is 11.5 Å². The third-order valence-corrected chi connectivity index (χ3v) is 4.95. The maximum absolute atomic E-state index is 11.9. The molecule has 0 aromatic heterocycles. The lowest BCUT2D eigenvalue weighted by Gasteiger charge is -2.13. The first kappa shape index (κ1) is 17.4. The van der Waals surface area contributed by atoms with Gasteiger partial charge in [0, 0.05) is 21.1 Å². The maximum atomic E-state index is 11.9. The molecule has 3 N–H and O–H groups in total. The van der Waals surface area contributed by atoms with Gasteiger partial charge in [-0.2, -0.15) is 0 Å². The number of anilines is 1. The first-order valence-electron chi connectivity index (χ1n) is 7.00. The van der Waals surface area contributed by atoms with Crippen molar-refractivity contribution < 1.29 is 4.79 Å². The first-order chi connectivity index (χ1) is 9.52. The lowest BCUT2D eigenvalue weighted by Crippen LogP contribution is -2.33. The summed E-state index contributed by atoms with van der Waals surface area (Å²) in [4.78, 5) is 12.9. The molecule has 20 heavy (non-hydrogen) atoms. The van der Waals surface area contributed by atoms with Crippen molar-refractivity contribution in [3.8, 4) is 0 Å². The first-order valence-corrected chi connectivity index (χ1v) is 8.78. The standard InChI is InChI=1S/C15H23BrN2OS/c1-3-4-5-6-11(2)18-15(19)10-20-14-8-7-12(17)9-13(14)16/h7-9,11H,3-6,10,17H2,1-2H3,(H,18,19). The number of benzene rings is 1. The van der Waals surface area contributed by atoms with Crippen LogP contribution < -0.4 is 11.1 Å². The van der Waals surface area contributed by atoms with Crippen LogP contribution in [0.5, 0.6) is 0 Å². The van der Waals surface area contributed by atoms with Gasteiger partial charge in [-0.1, -0.05) is 26.2 Å². The van der Waals surface area contributed by atoms with E-state index in [1.807, 2.05) is 18.2 Å². The Labute approximate surface area is 134 Å². The minimum atomic E-state index is 0.0859. The van der Waals surface area contributed by atoms with Gasteiger partial charge < -0.3 is 11.1 Å². The molecule has 3 nitrogen and oxygen atoms in total. The normalized spacial score (nSPS) is 12.2. The highest BCUT2D eigenvalue weighted by atomic mass is 79.9. The van der Waals surface area contributed by atoms with E-state index in [2.05, 4.69) is 35.1 Å². The van der Waals surface area contributed by atoms with Gasteiger partial charge in [-0.25, -0.2) is 0 Å². The number of amides is 1. The molecule has 0 aliphatic rings. The molecule has 112 valence electrons. The summed E-state index contributed by atoms with van der Waals surface area (Å²) in [5.41, 5.74) is 6.41. The van der Waals surface area contributed by atoms with Crippen LogP contribution in [0.2, 0.25) is 0 Å².